The highest BCUT2D eigenvalue weighted by Gasteiger charge is 2.31. The minimum absolute atomic E-state index is 0.378. The van der Waals surface area contributed by atoms with Crippen LogP contribution in [0.15, 0.2) is 30.7 Å². The first-order valence-corrected chi connectivity index (χ1v) is 8.20. The third kappa shape index (κ3) is 2.75. The van der Waals surface area contributed by atoms with Crippen molar-refractivity contribution in [2.45, 2.75) is 26.0 Å². The normalized spacial score (nSPS) is 16.2. The van der Waals surface area contributed by atoms with E-state index in [2.05, 4.69) is 33.8 Å². The summed E-state index contributed by atoms with van der Waals surface area (Å²) in [6.07, 6.45) is 3.41. The number of rotatable bonds is 2. The molecule has 130 valence electrons. The van der Waals surface area contributed by atoms with Gasteiger partial charge in [-0.15, -0.1) is 0 Å². The first-order chi connectivity index (χ1) is 12.0. The molecule has 0 bridgehead atoms. The number of anilines is 1. The van der Waals surface area contributed by atoms with Crippen LogP contribution in [0.4, 0.5) is 5.82 Å². The number of nitrogens with zero attached hydrogens (tertiary/aromatic N) is 5. The topological polar surface area (TPSA) is 65.3 Å². The maximum atomic E-state index is 6.27. The van der Waals surface area contributed by atoms with Gasteiger partial charge in [0, 0.05) is 25.2 Å². The van der Waals surface area contributed by atoms with Crippen molar-refractivity contribution in [3.05, 3.63) is 36.3 Å². The van der Waals surface area contributed by atoms with Crippen LogP contribution in [0.2, 0.25) is 0 Å². The summed E-state index contributed by atoms with van der Waals surface area (Å²) in [5, 5.41) is 5.26. The lowest BCUT2D eigenvalue weighted by molar-refractivity contribution is 0.120. The molecule has 0 aliphatic carbocycles. The van der Waals surface area contributed by atoms with Crippen molar-refractivity contribution in [3.8, 4) is 11.5 Å². The van der Waals surface area contributed by atoms with E-state index in [0.717, 1.165) is 33.9 Å². The Morgan fingerprint density at radius 1 is 1.24 bits per heavy atom. The number of hydrogen-bond donors (Lipinski definition) is 0. The summed E-state index contributed by atoms with van der Waals surface area (Å²) in [6.45, 7) is 5.56. The van der Waals surface area contributed by atoms with Gasteiger partial charge in [0.15, 0.2) is 5.65 Å². The molecule has 0 spiro atoms. The van der Waals surface area contributed by atoms with E-state index in [-0.39, 0.29) is 5.60 Å². The third-order valence-corrected chi connectivity index (χ3v) is 4.40. The van der Waals surface area contributed by atoms with Crippen molar-refractivity contribution in [1.29, 1.82) is 0 Å². The molecule has 7 nitrogen and oxygen atoms in total. The van der Waals surface area contributed by atoms with Crippen molar-refractivity contribution in [2.75, 3.05) is 18.6 Å². The lowest BCUT2D eigenvalue weighted by Crippen LogP contribution is -2.41. The quantitative estimate of drug-likeness (QED) is 0.715. The van der Waals surface area contributed by atoms with Crippen LogP contribution in [-0.4, -0.2) is 39.0 Å². The lowest BCUT2D eigenvalue weighted by Gasteiger charge is -2.30. The zero-order chi connectivity index (χ0) is 17.6. The van der Waals surface area contributed by atoms with Gasteiger partial charge in [-0.25, -0.2) is 9.97 Å². The Bertz CT molecular complexity index is 934. The summed E-state index contributed by atoms with van der Waals surface area (Å²) in [5.41, 5.74) is 1.54. The second-order valence-electron chi connectivity index (χ2n) is 6.89. The minimum atomic E-state index is -0.378. The molecular weight excluding hydrogens is 318 g/mol. The van der Waals surface area contributed by atoms with Crippen LogP contribution >= 0.6 is 0 Å². The van der Waals surface area contributed by atoms with Gasteiger partial charge in [-0.2, -0.15) is 5.10 Å². The maximum Gasteiger partial charge on any atom is 0.163 e. The molecule has 0 fully saturated rings. The molecule has 4 rings (SSSR count). The van der Waals surface area contributed by atoms with Gasteiger partial charge in [-0.1, -0.05) is 0 Å². The van der Waals surface area contributed by atoms with E-state index in [9.17, 15) is 0 Å². The smallest absolute Gasteiger partial charge is 0.163 e. The van der Waals surface area contributed by atoms with E-state index in [0.29, 0.717) is 13.1 Å². The largest absolute Gasteiger partial charge is 0.497 e. The monoisotopic (exact) mass is 339 g/mol. The highest BCUT2D eigenvalue weighted by atomic mass is 16.5. The van der Waals surface area contributed by atoms with Gasteiger partial charge in [-0.3, -0.25) is 4.68 Å². The SMILES string of the molecule is COc1ccc2c(c1)OC(C)(C)CN(c1ncnc3c1cnn3C)C2. The van der Waals surface area contributed by atoms with E-state index in [1.807, 2.05) is 31.4 Å². The number of benzene rings is 1. The first kappa shape index (κ1) is 15.7. The number of hydrogen-bond acceptors (Lipinski definition) is 6. The van der Waals surface area contributed by atoms with Crippen LogP contribution in [0.5, 0.6) is 11.5 Å². The Hall–Kier alpha value is -2.83. The van der Waals surface area contributed by atoms with E-state index in [1.54, 1.807) is 18.1 Å². The molecule has 0 saturated heterocycles. The minimum Gasteiger partial charge on any atom is -0.497 e. The fourth-order valence-corrected chi connectivity index (χ4v) is 3.29. The molecular formula is C18H21N5O2. The molecule has 0 atom stereocenters. The van der Waals surface area contributed by atoms with Crippen molar-refractivity contribution in [3.63, 3.8) is 0 Å². The Balaban J connectivity index is 1.81. The zero-order valence-corrected chi connectivity index (χ0v) is 14.9. The second-order valence-corrected chi connectivity index (χ2v) is 6.89. The number of methoxy groups -OCH3 is 1. The molecule has 2 aromatic heterocycles. The summed E-state index contributed by atoms with van der Waals surface area (Å²) < 4.78 is 13.4. The van der Waals surface area contributed by atoms with Gasteiger partial charge in [-0.05, 0) is 26.0 Å². The van der Waals surface area contributed by atoms with Gasteiger partial charge >= 0.3 is 0 Å². The third-order valence-electron chi connectivity index (χ3n) is 4.40. The van der Waals surface area contributed by atoms with Crippen molar-refractivity contribution >= 4 is 16.9 Å². The molecule has 0 saturated carbocycles. The zero-order valence-electron chi connectivity index (χ0n) is 14.9. The molecule has 3 aromatic rings. The molecule has 25 heavy (non-hydrogen) atoms. The number of aryl methyl sites for hydroxylation is 1. The van der Waals surface area contributed by atoms with Crippen LogP contribution in [0, 0.1) is 0 Å². The average molecular weight is 339 g/mol. The molecule has 0 amide bonds. The van der Waals surface area contributed by atoms with Crippen molar-refractivity contribution in [1.82, 2.24) is 19.7 Å². The molecule has 7 heteroatoms. The van der Waals surface area contributed by atoms with E-state index >= 15 is 0 Å². The highest BCUT2D eigenvalue weighted by molar-refractivity contribution is 5.86. The number of fused-ring (bicyclic) bond motifs is 2. The lowest BCUT2D eigenvalue weighted by atomic mass is 10.1. The molecule has 1 aromatic carbocycles. The van der Waals surface area contributed by atoms with E-state index < -0.39 is 0 Å². The predicted octanol–water partition coefficient (Wildman–Crippen LogP) is 2.55. The van der Waals surface area contributed by atoms with Gasteiger partial charge < -0.3 is 14.4 Å². The standard InChI is InChI=1S/C18H21N5O2/c1-18(2)10-23(9-12-5-6-13(24-4)7-15(12)25-18)17-14-8-21-22(3)16(14)19-11-20-17/h5-8,11H,9-10H2,1-4H3. The van der Waals surface area contributed by atoms with Crippen LogP contribution < -0.4 is 14.4 Å². The molecule has 0 unspecified atom stereocenters. The molecule has 3 heterocycles. The van der Waals surface area contributed by atoms with Crippen LogP contribution in [-0.2, 0) is 13.6 Å². The predicted molar refractivity (Wildman–Crippen MR) is 95.1 cm³/mol. The summed E-state index contributed by atoms with van der Waals surface area (Å²) in [7, 11) is 3.55. The fraction of sp³-hybridized carbons (Fsp3) is 0.389. The fourth-order valence-electron chi connectivity index (χ4n) is 3.29. The Morgan fingerprint density at radius 2 is 2.08 bits per heavy atom. The molecule has 0 N–H and O–H groups in total. The summed E-state index contributed by atoms with van der Waals surface area (Å²) in [5.74, 6) is 2.52. The van der Waals surface area contributed by atoms with Gasteiger partial charge in [0.2, 0.25) is 0 Å². The van der Waals surface area contributed by atoms with Gasteiger partial charge in [0.25, 0.3) is 0 Å². The summed E-state index contributed by atoms with van der Waals surface area (Å²) in [4.78, 5) is 11.1. The second kappa shape index (κ2) is 5.61. The molecule has 1 aliphatic rings. The highest BCUT2D eigenvalue weighted by Crippen LogP contribution is 2.35. The van der Waals surface area contributed by atoms with Crippen LogP contribution in [0.3, 0.4) is 0 Å². The Labute approximate surface area is 146 Å². The van der Waals surface area contributed by atoms with Crippen LogP contribution in [0.25, 0.3) is 11.0 Å². The van der Waals surface area contributed by atoms with Gasteiger partial charge in [0.1, 0.15) is 29.2 Å². The maximum absolute atomic E-state index is 6.27. The average Bonchev–Trinajstić information content (AvgIpc) is 2.89. The first-order valence-electron chi connectivity index (χ1n) is 8.20. The van der Waals surface area contributed by atoms with Crippen LogP contribution in [0.1, 0.15) is 19.4 Å². The number of aromatic nitrogens is 4. The van der Waals surface area contributed by atoms with Crippen molar-refractivity contribution in [2.24, 2.45) is 7.05 Å². The van der Waals surface area contributed by atoms with E-state index in [1.165, 1.54) is 0 Å². The number of ether oxygens (including phenoxy) is 2. The molecule has 0 radical (unpaired) electrons. The van der Waals surface area contributed by atoms with Crippen molar-refractivity contribution < 1.29 is 9.47 Å². The summed E-state index contributed by atoms with van der Waals surface area (Å²) in [6, 6.07) is 5.95. The Morgan fingerprint density at radius 3 is 2.88 bits per heavy atom. The van der Waals surface area contributed by atoms with E-state index in [4.69, 9.17) is 9.47 Å². The molecule has 1 aliphatic heterocycles. The summed E-state index contributed by atoms with van der Waals surface area (Å²) >= 11 is 0. The van der Waals surface area contributed by atoms with Gasteiger partial charge in [0.05, 0.1) is 25.2 Å². The Kier molecular flexibility index (Phi) is 3.52.